The zero-order valence-corrected chi connectivity index (χ0v) is 17.7. The Morgan fingerprint density at radius 3 is 2.53 bits per heavy atom. The molecule has 0 radical (unpaired) electrons. The molecule has 0 bridgehead atoms. The molecule has 0 aliphatic heterocycles. The van der Waals surface area contributed by atoms with E-state index in [9.17, 15) is 20.2 Å². The van der Waals surface area contributed by atoms with Gasteiger partial charge in [-0.25, -0.2) is 0 Å². The number of anilines is 1. The van der Waals surface area contributed by atoms with E-state index in [1.54, 1.807) is 36.4 Å². The van der Waals surface area contributed by atoms with E-state index >= 15 is 0 Å². The molecule has 0 atom stereocenters. The Morgan fingerprint density at radius 1 is 1.12 bits per heavy atom. The summed E-state index contributed by atoms with van der Waals surface area (Å²) in [4.78, 5) is 22.9. The molecular formula is C25H21N3O4. The molecule has 0 saturated heterocycles. The molecule has 3 aromatic carbocycles. The van der Waals surface area contributed by atoms with Crippen molar-refractivity contribution in [3.8, 4) is 11.8 Å². The van der Waals surface area contributed by atoms with Gasteiger partial charge >= 0.3 is 0 Å². The highest BCUT2D eigenvalue weighted by Gasteiger charge is 2.11. The predicted octanol–water partition coefficient (Wildman–Crippen LogP) is 5.34. The van der Waals surface area contributed by atoms with Gasteiger partial charge < -0.3 is 10.1 Å². The van der Waals surface area contributed by atoms with Crippen molar-refractivity contribution >= 4 is 23.4 Å². The first kappa shape index (κ1) is 22.2. The van der Waals surface area contributed by atoms with Crippen LogP contribution in [-0.2, 0) is 11.4 Å². The largest absolute Gasteiger partial charge is 0.489 e. The summed E-state index contributed by atoms with van der Waals surface area (Å²) >= 11 is 0. The van der Waals surface area contributed by atoms with Crippen LogP contribution < -0.4 is 10.1 Å². The Hall–Kier alpha value is -4.44. The first-order valence-electron chi connectivity index (χ1n) is 9.82. The second kappa shape index (κ2) is 10.0. The summed E-state index contributed by atoms with van der Waals surface area (Å²) in [5.41, 5.74) is 4.06. The van der Waals surface area contributed by atoms with E-state index < -0.39 is 10.8 Å². The van der Waals surface area contributed by atoms with Crippen LogP contribution in [0.1, 0.15) is 22.3 Å². The van der Waals surface area contributed by atoms with Crippen LogP contribution in [0, 0.1) is 35.3 Å². The molecule has 0 fully saturated rings. The van der Waals surface area contributed by atoms with Gasteiger partial charge in [-0.2, -0.15) is 5.26 Å². The summed E-state index contributed by atoms with van der Waals surface area (Å²) in [6.07, 6.45) is 1.50. The maximum absolute atomic E-state index is 12.6. The molecule has 3 rings (SSSR count). The second-order valence-electron chi connectivity index (χ2n) is 7.23. The van der Waals surface area contributed by atoms with Crippen LogP contribution in [-0.4, -0.2) is 10.8 Å². The molecular weight excluding hydrogens is 406 g/mol. The lowest BCUT2D eigenvalue weighted by atomic mass is 10.1. The molecule has 0 saturated carbocycles. The lowest BCUT2D eigenvalue weighted by molar-refractivity contribution is -0.384. The Bertz CT molecular complexity index is 1220. The molecule has 0 unspecified atom stereocenters. The summed E-state index contributed by atoms with van der Waals surface area (Å²) in [6.45, 7) is 4.09. The van der Waals surface area contributed by atoms with Crippen LogP contribution in [0.25, 0.3) is 6.08 Å². The number of carbonyl (C=O) groups is 1. The van der Waals surface area contributed by atoms with Crippen LogP contribution in [0.15, 0.2) is 72.3 Å². The van der Waals surface area contributed by atoms with Gasteiger partial charge in [0.2, 0.25) is 0 Å². The number of ether oxygens (including phenoxy) is 1. The molecule has 160 valence electrons. The van der Waals surface area contributed by atoms with Crippen molar-refractivity contribution in [2.75, 3.05) is 5.32 Å². The zero-order valence-electron chi connectivity index (χ0n) is 17.7. The van der Waals surface area contributed by atoms with E-state index in [1.165, 1.54) is 18.2 Å². The summed E-state index contributed by atoms with van der Waals surface area (Å²) < 4.78 is 5.75. The minimum atomic E-state index is -0.489. The fraction of sp³-hybridized carbons (Fsp3) is 0.120. The topological polar surface area (TPSA) is 105 Å². The molecule has 7 nitrogen and oxygen atoms in total. The van der Waals surface area contributed by atoms with E-state index in [2.05, 4.69) is 5.32 Å². The van der Waals surface area contributed by atoms with Gasteiger partial charge in [0.05, 0.1) is 4.92 Å². The molecule has 0 aliphatic carbocycles. The van der Waals surface area contributed by atoms with Crippen LogP contribution in [0.2, 0.25) is 0 Å². The molecule has 3 aromatic rings. The van der Waals surface area contributed by atoms with Gasteiger partial charge in [0, 0.05) is 17.8 Å². The predicted molar refractivity (Wildman–Crippen MR) is 122 cm³/mol. The quantitative estimate of drug-likeness (QED) is 0.237. The normalized spacial score (nSPS) is 10.8. The maximum atomic E-state index is 12.6. The van der Waals surface area contributed by atoms with Gasteiger partial charge in [0.15, 0.2) is 0 Å². The molecule has 0 aromatic heterocycles. The standard InChI is InChI=1S/C25H21N3O4/c1-17-6-11-24(18(2)12-17)27-25(29)21(15-26)13-20-4-3-5-23(14-20)32-16-19-7-9-22(10-8-19)28(30)31/h3-14H,16H2,1-2H3,(H,27,29)/b21-13-. The highest BCUT2D eigenvalue weighted by molar-refractivity contribution is 6.10. The number of amides is 1. The summed E-state index contributed by atoms with van der Waals surface area (Å²) in [5.74, 6) is 0.0563. The van der Waals surface area contributed by atoms with E-state index in [1.807, 2.05) is 38.1 Å². The van der Waals surface area contributed by atoms with Gasteiger partial charge in [0.1, 0.15) is 24.0 Å². The Labute approximate surface area is 185 Å². The van der Waals surface area contributed by atoms with Crippen molar-refractivity contribution in [3.63, 3.8) is 0 Å². The lowest BCUT2D eigenvalue weighted by Gasteiger charge is -2.09. The number of nitro benzene ring substituents is 1. The van der Waals surface area contributed by atoms with E-state index in [4.69, 9.17) is 4.74 Å². The average molecular weight is 427 g/mol. The zero-order chi connectivity index (χ0) is 23.1. The highest BCUT2D eigenvalue weighted by atomic mass is 16.6. The Kier molecular flexibility index (Phi) is 6.99. The molecule has 0 heterocycles. The number of carbonyl (C=O) groups excluding carboxylic acids is 1. The van der Waals surface area contributed by atoms with Crippen LogP contribution in [0.4, 0.5) is 11.4 Å². The van der Waals surface area contributed by atoms with Crippen LogP contribution in [0.3, 0.4) is 0 Å². The number of nitriles is 1. The van der Waals surface area contributed by atoms with Crippen molar-refractivity contribution in [3.05, 3.63) is 105 Å². The number of benzene rings is 3. The molecule has 0 aliphatic rings. The third-order valence-corrected chi connectivity index (χ3v) is 4.72. The average Bonchev–Trinajstić information content (AvgIpc) is 2.78. The van der Waals surface area contributed by atoms with Gasteiger partial charge in [-0.1, -0.05) is 29.8 Å². The van der Waals surface area contributed by atoms with E-state index in [0.29, 0.717) is 17.0 Å². The lowest BCUT2D eigenvalue weighted by Crippen LogP contribution is -2.14. The fourth-order valence-electron chi connectivity index (χ4n) is 3.03. The summed E-state index contributed by atoms with van der Waals surface area (Å²) in [7, 11) is 0. The SMILES string of the molecule is Cc1ccc(NC(=O)/C(C#N)=C\c2cccc(OCc3ccc([N+](=O)[O-])cc3)c2)c(C)c1. The highest BCUT2D eigenvalue weighted by Crippen LogP contribution is 2.20. The number of rotatable bonds is 7. The maximum Gasteiger partial charge on any atom is 0.269 e. The minimum Gasteiger partial charge on any atom is -0.489 e. The van der Waals surface area contributed by atoms with Crippen LogP contribution >= 0.6 is 0 Å². The molecule has 0 spiro atoms. The first-order valence-corrected chi connectivity index (χ1v) is 9.82. The van der Waals surface area contributed by atoms with Gasteiger partial charge in [-0.05, 0) is 66.9 Å². The third kappa shape index (κ3) is 5.80. The van der Waals surface area contributed by atoms with E-state index in [-0.39, 0.29) is 17.9 Å². The third-order valence-electron chi connectivity index (χ3n) is 4.72. The number of nitrogens with one attached hydrogen (secondary N) is 1. The number of nitrogens with zero attached hydrogens (tertiary/aromatic N) is 2. The van der Waals surface area contributed by atoms with E-state index in [0.717, 1.165) is 16.7 Å². The van der Waals surface area contributed by atoms with Crippen molar-refractivity contribution in [2.45, 2.75) is 20.5 Å². The molecule has 1 amide bonds. The second-order valence-corrected chi connectivity index (χ2v) is 7.23. The van der Waals surface area contributed by atoms with Crippen molar-refractivity contribution in [1.29, 1.82) is 5.26 Å². The number of hydrogen-bond donors (Lipinski definition) is 1. The molecule has 1 N–H and O–H groups in total. The minimum absolute atomic E-state index is 0.0176. The first-order chi connectivity index (χ1) is 15.4. The fourth-order valence-corrected chi connectivity index (χ4v) is 3.03. The summed E-state index contributed by atoms with van der Waals surface area (Å²) in [5, 5.41) is 23.0. The number of hydrogen-bond acceptors (Lipinski definition) is 5. The Balaban J connectivity index is 1.70. The van der Waals surface area contributed by atoms with Crippen LogP contribution in [0.5, 0.6) is 5.75 Å². The van der Waals surface area contributed by atoms with Crippen molar-refractivity contribution < 1.29 is 14.5 Å². The number of nitro groups is 1. The van der Waals surface area contributed by atoms with Crippen molar-refractivity contribution in [1.82, 2.24) is 0 Å². The molecule has 32 heavy (non-hydrogen) atoms. The monoisotopic (exact) mass is 427 g/mol. The molecule has 7 heteroatoms. The van der Waals surface area contributed by atoms with Gasteiger partial charge in [-0.3, -0.25) is 14.9 Å². The van der Waals surface area contributed by atoms with Gasteiger partial charge in [0.25, 0.3) is 11.6 Å². The summed E-state index contributed by atoms with van der Waals surface area (Å²) in [6, 6.07) is 20.7. The number of non-ortho nitro benzene ring substituents is 1. The number of aryl methyl sites for hydroxylation is 2. The smallest absolute Gasteiger partial charge is 0.269 e. The van der Waals surface area contributed by atoms with Crippen molar-refractivity contribution in [2.24, 2.45) is 0 Å². The van der Waals surface area contributed by atoms with Gasteiger partial charge in [-0.15, -0.1) is 0 Å². The Morgan fingerprint density at radius 2 is 1.88 bits per heavy atom.